The van der Waals surface area contributed by atoms with Crippen molar-refractivity contribution in [2.45, 2.75) is 13.3 Å². The molecule has 0 aliphatic carbocycles. The van der Waals surface area contributed by atoms with Gasteiger partial charge in [-0.3, -0.25) is 9.59 Å². The monoisotopic (exact) mass is 298 g/mol. The van der Waals surface area contributed by atoms with Gasteiger partial charge in [0, 0.05) is 5.56 Å². The summed E-state index contributed by atoms with van der Waals surface area (Å²) in [7, 11) is 1.59. The number of ether oxygens (including phenoxy) is 1. The van der Waals surface area contributed by atoms with Crippen molar-refractivity contribution in [1.29, 1.82) is 0 Å². The Morgan fingerprint density at radius 1 is 1.18 bits per heavy atom. The molecule has 5 heteroatoms. The van der Waals surface area contributed by atoms with E-state index in [9.17, 15) is 9.59 Å². The first kappa shape index (κ1) is 15.6. The molecule has 0 saturated carbocycles. The van der Waals surface area contributed by atoms with Gasteiger partial charge in [-0.15, -0.1) is 0 Å². The third kappa shape index (κ3) is 3.25. The van der Waals surface area contributed by atoms with Gasteiger partial charge in [-0.25, -0.2) is 0 Å². The molecule has 3 N–H and O–H groups in total. The van der Waals surface area contributed by atoms with E-state index in [1.165, 1.54) is 0 Å². The lowest BCUT2D eigenvalue weighted by Crippen LogP contribution is -2.18. The van der Waals surface area contributed by atoms with Gasteiger partial charge in [0.15, 0.2) is 0 Å². The molecule has 0 bridgehead atoms. The summed E-state index contributed by atoms with van der Waals surface area (Å²) >= 11 is 0. The number of hydrogen-bond acceptors (Lipinski definition) is 3. The number of primary amides is 1. The second kappa shape index (κ2) is 6.76. The molecule has 0 aliphatic heterocycles. The summed E-state index contributed by atoms with van der Waals surface area (Å²) in [5.74, 6) is -0.137. The van der Waals surface area contributed by atoms with Gasteiger partial charge in [0.25, 0.3) is 11.8 Å². The van der Waals surface area contributed by atoms with Crippen molar-refractivity contribution in [3.05, 3.63) is 59.2 Å². The van der Waals surface area contributed by atoms with Gasteiger partial charge in [0.2, 0.25) is 0 Å². The zero-order valence-corrected chi connectivity index (χ0v) is 12.6. The molecule has 0 aliphatic rings. The van der Waals surface area contributed by atoms with Gasteiger partial charge < -0.3 is 15.8 Å². The van der Waals surface area contributed by atoms with Crippen molar-refractivity contribution in [3.63, 3.8) is 0 Å². The largest absolute Gasteiger partial charge is 0.496 e. The number of nitrogens with one attached hydrogen (secondary N) is 1. The number of hydrogen-bond donors (Lipinski definition) is 2. The number of amides is 2. The summed E-state index contributed by atoms with van der Waals surface area (Å²) in [6.07, 6.45) is 0.752. The lowest BCUT2D eigenvalue weighted by atomic mass is 10.1. The molecule has 0 unspecified atom stereocenters. The van der Waals surface area contributed by atoms with E-state index in [4.69, 9.17) is 10.5 Å². The molecule has 0 spiro atoms. The van der Waals surface area contributed by atoms with Crippen LogP contribution in [0.25, 0.3) is 0 Å². The highest BCUT2D eigenvalue weighted by molar-refractivity contribution is 6.08. The Bertz CT molecular complexity index is 711. The van der Waals surface area contributed by atoms with Gasteiger partial charge in [-0.05, 0) is 42.3 Å². The lowest BCUT2D eigenvalue weighted by molar-refractivity contribution is 0.100. The van der Waals surface area contributed by atoms with Crippen molar-refractivity contribution in [2.24, 2.45) is 5.73 Å². The molecule has 0 aromatic heterocycles. The average molecular weight is 298 g/mol. The van der Waals surface area contributed by atoms with Crippen LogP contribution >= 0.6 is 0 Å². The fourth-order valence-electron chi connectivity index (χ4n) is 2.20. The average Bonchev–Trinajstić information content (AvgIpc) is 2.54. The molecule has 0 heterocycles. The molecule has 2 aromatic rings. The fourth-order valence-corrected chi connectivity index (χ4v) is 2.20. The van der Waals surface area contributed by atoms with Crippen LogP contribution in [0.4, 0.5) is 5.69 Å². The Kier molecular flexibility index (Phi) is 4.78. The Labute approximate surface area is 129 Å². The highest BCUT2D eigenvalue weighted by atomic mass is 16.5. The number of rotatable bonds is 5. The molecule has 2 rings (SSSR count). The molecule has 2 aromatic carbocycles. The summed E-state index contributed by atoms with van der Waals surface area (Å²) in [4.78, 5) is 23.7. The van der Waals surface area contributed by atoms with E-state index >= 15 is 0 Å². The van der Waals surface area contributed by atoms with Crippen LogP contribution in [-0.4, -0.2) is 18.9 Å². The molecule has 0 saturated heterocycles. The predicted octanol–water partition coefficient (Wildman–Crippen LogP) is 2.61. The Balaban J connectivity index is 2.28. The second-order valence-corrected chi connectivity index (χ2v) is 4.74. The van der Waals surface area contributed by atoms with E-state index in [2.05, 4.69) is 5.32 Å². The van der Waals surface area contributed by atoms with E-state index < -0.39 is 5.91 Å². The normalized spacial score (nSPS) is 10.1. The maximum Gasteiger partial charge on any atom is 0.255 e. The van der Waals surface area contributed by atoms with Crippen molar-refractivity contribution in [1.82, 2.24) is 0 Å². The van der Waals surface area contributed by atoms with Gasteiger partial charge in [0.05, 0.1) is 18.4 Å². The summed E-state index contributed by atoms with van der Waals surface area (Å²) in [5.41, 5.74) is 7.42. The van der Waals surface area contributed by atoms with Gasteiger partial charge in [0.1, 0.15) is 5.75 Å². The number of para-hydroxylation sites is 1. The Morgan fingerprint density at radius 3 is 2.55 bits per heavy atom. The van der Waals surface area contributed by atoms with E-state index in [0.717, 1.165) is 17.7 Å². The van der Waals surface area contributed by atoms with Crippen LogP contribution < -0.4 is 15.8 Å². The minimum absolute atomic E-state index is 0.278. The second-order valence-electron chi connectivity index (χ2n) is 4.74. The first-order valence-corrected chi connectivity index (χ1v) is 6.94. The van der Waals surface area contributed by atoms with Crippen LogP contribution in [0.5, 0.6) is 5.75 Å². The molecular formula is C17H18N2O3. The summed E-state index contributed by atoms with van der Waals surface area (Å²) in [6.45, 7) is 1.99. The fraction of sp³-hybridized carbons (Fsp3) is 0.176. The number of carbonyl (C=O) groups is 2. The Morgan fingerprint density at radius 2 is 1.91 bits per heavy atom. The van der Waals surface area contributed by atoms with Gasteiger partial charge >= 0.3 is 0 Å². The summed E-state index contributed by atoms with van der Waals surface area (Å²) < 4.78 is 5.25. The van der Waals surface area contributed by atoms with E-state index in [-0.39, 0.29) is 11.5 Å². The molecule has 0 atom stereocenters. The summed E-state index contributed by atoms with van der Waals surface area (Å²) in [6, 6.07) is 11.9. The first-order chi connectivity index (χ1) is 10.6. The van der Waals surface area contributed by atoms with Crippen molar-refractivity contribution in [2.75, 3.05) is 12.4 Å². The van der Waals surface area contributed by atoms with Crippen molar-refractivity contribution < 1.29 is 14.3 Å². The van der Waals surface area contributed by atoms with Gasteiger partial charge in [-0.1, -0.05) is 19.1 Å². The molecule has 5 nitrogen and oxygen atoms in total. The minimum atomic E-state index is -0.583. The topological polar surface area (TPSA) is 81.4 Å². The minimum Gasteiger partial charge on any atom is -0.496 e. The lowest BCUT2D eigenvalue weighted by Gasteiger charge is -2.11. The van der Waals surface area contributed by atoms with Crippen LogP contribution in [0.3, 0.4) is 0 Å². The molecule has 0 fully saturated rings. The van der Waals surface area contributed by atoms with Crippen LogP contribution in [0.15, 0.2) is 42.5 Å². The standard InChI is InChI=1S/C17H18N2O3/c1-3-11-10-12(8-9-15(11)22-2)17(21)19-14-7-5-4-6-13(14)16(18)20/h4-10H,3H2,1-2H3,(H2,18,20)(H,19,21). The van der Waals surface area contributed by atoms with Crippen LogP contribution in [0.1, 0.15) is 33.2 Å². The van der Waals surface area contributed by atoms with Crippen molar-refractivity contribution in [3.8, 4) is 5.75 Å². The maximum absolute atomic E-state index is 12.4. The third-order valence-corrected chi connectivity index (χ3v) is 3.36. The number of nitrogens with two attached hydrogens (primary N) is 1. The maximum atomic E-state index is 12.4. The molecule has 0 radical (unpaired) electrons. The molecule has 114 valence electrons. The van der Waals surface area contributed by atoms with Gasteiger partial charge in [-0.2, -0.15) is 0 Å². The summed E-state index contributed by atoms with van der Waals surface area (Å²) in [5, 5.41) is 2.72. The number of aryl methyl sites for hydroxylation is 1. The first-order valence-electron chi connectivity index (χ1n) is 6.94. The number of anilines is 1. The zero-order valence-electron chi connectivity index (χ0n) is 12.6. The number of methoxy groups -OCH3 is 1. The van der Waals surface area contributed by atoms with E-state index in [0.29, 0.717) is 11.3 Å². The predicted molar refractivity (Wildman–Crippen MR) is 85.3 cm³/mol. The van der Waals surface area contributed by atoms with E-state index in [1.54, 1.807) is 49.6 Å². The SMILES string of the molecule is CCc1cc(C(=O)Nc2ccccc2C(N)=O)ccc1OC. The number of benzene rings is 2. The highest BCUT2D eigenvalue weighted by Gasteiger charge is 2.13. The highest BCUT2D eigenvalue weighted by Crippen LogP contribution is 2.22. The number of carbonyl (C=O) groups excluding carboxylic acids is 2. The van der Waals surface area contributed by atoms with Crippen LogP contribution in [-0.2, 0) is 6.42 Å². The zero-order chi connectivity index (χ0) is 16.1. The molecule has 22 heavy (non-hydrogen) atoms. The molecular weight excluding hydrogens is 280 g/mol. The smallest absolute Gasteiger partial charge is 0.255 e. The third-order valence-electron chi connectivity index (χ3n) is 3.36. The van der Waals surface area contributed by atoms with Crippen molar-refractivity contribution >= 4 is 17.5 Å². The quantitative estimate of drug-likeness (QED) is 0.890. The van der Waals surface area contributed by atoms with E-state index in [1.807, 2.05) is 6.92 Å². The van der Waals surface area contributed by atoms with Crippen LogP contribution in [0, 0.1) is 0 Å². The molecule has 2 amide bonds. The van der Waals surface area contributed by atoms with Crippen LogP contribution in [0.2, 0.25) is 0 Å². The Hall–Kier alpha value is -2.82.